The number of hydrogen-bond acceptors (Lipinski definition) is 5. The van der Waals surface area contributed by atoms with Crippen molar-refractivity contribution in [2.45, 2.75) is 6.92 Å². The molecule has 1 saturated heterocycles. The summed E-state index contributed by atoms with van der Waals surface area (Å²) >= 11 is 0. The summed E-state index contributed by atoms with van der Waals surface area (Å²) in [4.78, 5) is 15.4. The molecular formula is C19H23N3O3. The van der Waals surface area contributed by atoms with Crippen LogP contribution in [0.15, 0.2) is 36.4 Å². The molecule has 1 aliphatic rings. The van der Waals surface area contributed by atoms with Gasteiger partial charge in [-0.2, -0.15) is 0 Å². The van der Waals surface area contributed by atoms with Crippen LogP contribution in [0.25, 0.3) is 11.1 Å². The molecule has 0 bridgehead atoms. The normalized spacial score (nSPS) is 15.2. The molecule has 0 saturated carbocycles. The van der Waals surface area contributed by atoms with Gasteiger partial charge in [-0.15, -0.1) is 0 Å². The average Bonchev–Trinajstić information content (AvgIpc) is 2.62. The monoisotopic (exact) mass is 341 g/mol. The summed E-state index contributed by atoms with van der Waals surface area (Å²) in [5, 5.41) is 11.1. The molecule has 0 N–H and O–H groups in total. The van der Waals surface area contributed by atoms with Gasteiger partial charge in [-0.25, -0.2) is 0 Å². The Morgan fingerprint density at radius 2 is 1.72 bits per heavy atom. The van der Waals surface area contributed by atoms with E-state index in [1.807, 2.05) is 6.92 Å². The predicted molar refractivity (Wildman–Crippen MR) is 99.5 cm³/mol. The molecule has 0 unspecified atom stereocenters. The van der Waals surface area contributed by atoms with E-state index in [2.05, 4.69) is 41.1 Å². The molecule has 2 aromatic carbocycles. The molecule has 1 aliphatic heterocycles. The average molecular weight is 341 g/mol. The zero-order chi connectivity index (χ0) is 18.0. The highest BCUT2D eigenvalue weighted by molar-refractivity contribution is 5.73. The van der Waals surface area contributed by atoms with Crippen LogP contribution in [0.4, 0.5) is 11.4 Å². The highest BCUT2D eigenvalue weighted by atomic mass is 16.6. The molecule has 1 heterocycles. The third kappa shape index (κ3) is 3.58. The minimum absolute atomic E-state index is 0.00203. The van der Waals surface area contributed by atoms with E-state index in [-0.39, 0.29) is 11.4 Å². The van der Waals surface area contributed by atoms with Crippen LogP contribution in [0.1, 0.15) is 5.56 Å². The first-order valence-electron chi connectivity index (χ1n) is 8.36. The molecule has 25 heavy (non-hydrogen) atoms. The van der Waals surface area contributed by atoms with Crippen molar-refractivity contribution < 1.29 is 9.66 Å². The van der Waals surface area contributed by atoms with Crippen molar-refractivity contribution in [1.82, 2.24) is 4.90 Å². The third-order valence-electron chi connectivity index (χ3n) is 4.77. The molecule has 1 fully saturated rings. The van der Waals surface area contributed by atoms with Gasteiger partial charge in [0.15, 0.2) is 5.75 Å². The van der Waals surface area contributed by atoms with Gasteiger partial charge >= 0.3 is 5.69 Å². The van der Waals surface area contributed by atoms with Crippen molar-refractivity contribution in [3.63, 3.8) is 0 Å². The van der Waals surface area contributed by atoms with Crippen molar-refractivity contribution in [2.24, 2.45) is 0 Å². The lowest BCUT2D eigenvalue weighted by molar-refractivity contribution is -0.385. The first-order valence-corrected chi connectivity index (χ1v) is 8.36. The van der Waals surface area contributed by atoms with Gasteiger partial charge < -0.3 is 14.5 Å². The lowest BCUT2D eigenvalue weighted by Crippen LogP contribution is -2.44. The zero-order valence-corrected chi connectivity index (χ0v) is 14.9. The van der Waals surface area contributed by atoms with Crippen LogP contribution in [-0.4, -0.2) is 50.2 Å². The third-order valence-corrected chi connectivity index (χ3v) is 4.77. The number of nitro groups is 1. The molecular weight excluding hydrogens is 318 g/mol. The lowest BCUT2D eigenvalue weighted by Gasteiger charge is -2.34. The van der Waals surface area contributed by atoms with Gasteiger partial charge in [0.05, 0.1) is 12.0 Å². The lowest BCUT2D eigenvalue weighted by atomic mass is 9.99. The van der Waals surface area contributed by atoms with Crippen molar-refractivity contribution in [3.05, 3.63) is 52.1 Å². The topological polar surface area (TPSA) is 58.8 Å². The minimum Gasteiger partial charge on any atom is -0.490 e. The fraction of sp³-hybridized carbons (Fsp3) is 0.368. The van der Waals surface area contributed by atoms with Crippen LogP contribution in [-0.2, 0) is 0 Å². The Morgan fingerprint density at radius 3 is 2.28 bits per heavy atom. The summed E-state index contributed by atoms with van der Waals surface area (Å²) in [6.45, 7) is 6.08. The summed E-state index contributed by atoms with van der Waals surface area (Å²) in [5.41, 5.74) is 4.05. The Kier molecular flexibility index (Phi) is 4.90. The highest BCUT2D eigenvalue weighted by Gasteiger charge is 2.18. The number of aryl methyl sites for hydroxylation is 1. The SMILES string of the molecule is COc1cc(-c2ccc(N3CCN(C)CC3)cc2)c(C)cc1[N+](=O)[O-]. The predicted octanol–water partition coefficient (Wildman–Crippen LogP) is 3.33. The van der Waals surface area contributed by atoms with Gasteiger partial charge in [0.1, 0.15) is 0 Å². The summed E-state index contributed by atoms with van der Waals surface area (Å²) in [5.74, 6) is 0.286. The number of nitro benzene ring substituents is 1. The van der Waals surface area contributed by atoms with Crippen LogP contribution in [0.2, 0.25) is 0 Å². The van der Waals surface area contributed by atoms with Gasteiger partial charge in [0, 0.05) is 37.9 Å². The van der Waals surface area contributed by atoms with E-state index in [9.17, 15) is 10.1 Å². The fourth-order valence-electron chi connectivity index (χ4n) is 3.21. The molecule has 0 radical (unpaired) electrons. The maximum absolute atomic E-state index is 11.1. The molecule has 0 aliphatic carbocycles. The van der Waals surface area contributed by atoms with Crippen molar-refractivity contribution >= 4 is 11.4 Å². The molecule has 0 aromatic heterocycles. The van der Waals surface area contributed by atoms with Crippen LogP contribution in [0.3, 0.4) is 0 Å². The summed E-state index contributed by atoms with van der Waals surface area (Å²) < 4.78 is 5.20. The molecule has 132 valence electrons. The Labute approximate surface area is 147 Å². The number of hydrogen-bond donors (Lipinski definition) is 0. The number of nitrogens with zero attached hydrogens (tertiary/aromatic N) is 3. The van der Waals surface area contributed by atoms with E-state index in [1.165, 1.54) is 12.8 Å². The second-order valence-electron chi connectivity index (χ2n) is 6.43. The van der Waals surface area contributed by atoms with E-state index in [1.54, 1.807) is 12.1 Å². The Hall–Kier alpha value is -2.60. The molecule has 0 atom stereocenters. The Bertz CT molecular complexity index is 766. The molecule has 6 heteroatoms. The van der Waals surface area contributed by atoms with Gasteiger partial charge in [-0.05, 0) is 48.9 Å². The smallest absolute Gasteiger partial charge is 0.311 e. The first kappa shape index (κ1) is 17.2. The number of rotatable bonds is 4. The van der Waals surface area contributed by atoms with Crippen LogP contribution < -0.4 is 9.64 Å². The Morgan fingerprint density at radius 1 is 1.08 bits per heavy atom. The minimum atomic E-state index is -0.411. The summed E-state index contributed by atoms with van der Waals surface area (Å²) in [6, 6.07) is 11.7. The van der Waals surface area contributed by atoms with Crippen molar-refractivity contribution in [2.75, 3.05) is 45.2 Å². The summed E-state index contributed by atoms with van der Waals surface area (Å²) in [6.07, 6.45) is 0. The number of likely N-dealkylation sites (N-methyl/N-ethyl adjacent to an activating group) is 1. The first-order chi connectivity index (χ1) is 12.0. The van der Waals surface area contributed by atoms with E-state index in [4.69, 9.17) is 4.74 Å². The molecule has 0 spiro atoms. The van der Waals surface area contributed by atoms with E-state index in [0.717, 1.165) is 42.9 Å². The zero-order valence-electron chi connectivity index (χ0n) is 14.9. The maximum Gasteiger partial charge on any atom is 0.311 e. The molecule has 2 aromatic rings. The van der Waals surface area contributed by atoms with Crippen molar-refractivity contribution in [3.8, 4) is 16.9 Å². The van der Waals surface area contributed by atoms with Gasteiger partial charge in [-0.3, -0.25) is 10.1 Å². The second-order valence-corrected chi connectivity index (χ2v) is 6.43. The van der Waals surface area contributed by atoms with Crippen molar-refractivity contribution in [1.29, 1.82) is 0 Å². The number of piperazine rings is 1. The standard InChI is InChI=1S/C19H23N3O3/c1-14-12-18(22(23)24)19(25-3)13-17(14)15-4-6-16(7-5-15)21-10-8-20(2)9-11-21/h4-7,12-13H,8-11H2,1-3H3. The number of ether oxygens (including phenoxy) is 1. The van der Waals surface area contributed by atoms with Gasteiger partial charge in [0.25, 0.3) is 0 Å². The molecule has 0 amide bonds. The maximum atomic E-state index is 11.1. The molecule has 3 rings (SSSR count). The second kappa shape index (κ2) is 7.11. The van der Waals surface area contributed by atoms with Crippen LogP contribution in [0.5, 0.6) is 5.75 Å². The van der Waals surface area contributed by atoms with Crippen LogP contribution in [0, 0.1) is 17.0 Å². The number of methoxy groups -OCH3 is 1. The van der Waals surface area contributed by atoms with Gasteiger partial charge in [0.2, 0.25) is 0 Å². The summed E-state index contributed by atoms with van der Waals surface area (Å²) in [7, 11) is 3.60. The highest BCUT2D eigenvalue weighted by Crippen LogP contribution is 2.35. The van der Waals surface area contributed by atoms with Gasteiger partial charge in [-0.1, -0.05) is 12.1 Å². The van der Waals surface area contributed by atoms with Crippen LogP contribution >= 0.6 is 0 Å². The fourth-order valence-corrected chi connectivity index (χ4v) is 3.21. The Balaban J connectivity index is 1.88. The quantitative estimate of drug-likeness (QED) is 0.631. The van der Waals surface area contributed by atoms with E-state index in [0.29, 0.717) is 0 Å². The number of anilines is 1. The largest absolute Gasteiger partial charge is 0.490 e. The molecule has 6 nitrogen and oxygen atoms in total. The number of benzene rings is 2. The van der Waals surface area contributed by atoms with E-state index < -0.39 is 4.92 Å². The van der Waals surface area contributed by atoms with E-state index >= 15 is 0 Å².